The quantitative estimate of drug-likeness (QED) is 0.0838. The molecule has 3 rings (SSSR count). The minimum Gasteiger partial charge on any atom is -0.463 e. The van der Waals surface area contributed by atoms with Crippen molar-refractivity contribution in [2.24, 2.45) is 0 Å². The third kappa shape index (κ3) is 8.26. The third-order valence-electron chi connectivity index (χ3n) is 5.11. The largest absolute Gasteiger partial charge is 0.463 e. The molecular formula is C27H24F4N2O5. The van der Waals surface area contributed by atoms with Crippen molar-refractivity contribution in [2.75, 3.05) is 18.1 Å². The second-order valence-corrected chi connectivity index (χ2v) is 8.01. The van der Waals surface area contributed by atoms with E-state index in [9.17, 15) is 27.2 Å². The average Bonchev–Trinajstić information content (AvgIpc) is 2.87. The van der Waals surface area contributed by atoms with Crippen LogP contribution in [0.3, 0.4) is 0 Å². The molecule has 0 aliphatic heterocycles. The molecule has 0 radical (unpaired) electrons. The lowest BCUT2D eigenvalue weighted by atomic mass is 10.1. The predicted octanol–water partition coefficient (Wildman–Crippen LogP) is 5.50. The number of hydrogen-bond donors (Lipinski definition) is 2. The maximum atomic E-state index is 13.0. The summed E-state index contributed by atoms with van der Waals surface area (Å²) in [6.45, 7) is 0.212. The molecule has 0 fully saturated rings. The van der Waals surface area contributed by atoms with Gasteiger partial charge < -0.3 is 25.7 Å². The molecule has 0 spiro atoms. The predicted molar refractivity (Wildman–Crippen MR) is 133 cm³/mol. The Labute approximate surface area is 215 Å². The van der Waals surface area contributed by atoms with Crippen molar-refractivity contribution in [3.63, 3.8) is 0 Å². The summed E-state index contributed by atoms with van der Waals surface area (Å²) in [4.78, 5) is 24.2. The molecule has 0 aliphatic rings. The molecule has 0 saturated heterocycles. The molecule has 0 saturated carbocycles. The fraction of sp³-hybridized carbons (Fsp3) is 0.185. The van der Waals surface area contributed by atoms with Crippen LogP contribution >= 0.6 is 0 Å². The van der Waals surface area contributed by atoms with E-state index in [0.717, 1.165) is 29.8 Å². The lowest BCUT2D eigenvalue weighted by Crippen LogP contribution is -2.33. The smallest absolute Gasteiger partial charge is 0.461 e. The van der Waals surface area contributed by atoms with Gasteiger partial charge in [-0.3, -0.25) is 0 Å². The summed E-state index contributed by atoms with van der Waals surface area (Å²) < 4.78 is 64.7. The van der Waals surface area contributed by atoms with Crippen LogP contribution in [-0.2, 0) is 16.0 Å². The van der Waals surface area contributed by atoms with Gasteiger partial charge in [-0.1, -0.05) is 18.2 Å². The van der Waals surface area contributed by atoms with Gasteiger partial charge >= 0.3 is 24.5 Å². The molecule has 0 heterocycles. The average molecular weight is 532 g/mol. The number of halogens is 4. The molecule has 0 aliphatic carbocycles. The van der Waals surface area contributed by atoms with Gasteiger partial charge in [0.1, 0.15) is 11.5 Å². The van der Waals surface area contributed by atoms with E-state index in [2.05, 4.69) is 4.74 Å². The molecule has 3 aromatic rings. The van der Waals surface area contributed by atoms with Crippen LogP contribution in [-0.4, -0.2) is 31.1 Å². The summed E-state index contributed by atoms with van der Waals surface area (Å²) in [5.74, 6) is -1.68. The molecule has 0 unspecified atom stereocenters. The van der Waals surface area contributed by atoms with Gasteiger partial charge in [-0.15, -0.1) is 0 Å². The summed E-state index contributed by atoms with van der Waals surface area (Å²) in [6.07, 6.45) is -4.63. The van der Waals surface area contributed by atoms with Gasteiger partial charge in [-0.05, 0) is 78.6 Å². The number of hydrogen-bond acceptors (Lipinski definition) is 7. The normalized spacial score (nSPS) is 11.5. The van der Waals surface area contributed by atoms with E-state index >= 15 is 0 Å². The number of nitrogen functional groups attached to an aromatic ring is 2. The number of rotatable bonds is 11. The van der Waals surface area contributed by atoms with Crippen LogP contribution in [0.2, 0.25) is 0 Å². The molecule has 3 aromatic carbocycles. The van der Waals surface area contributed by atoms with Crippen molar-refractivity contribution >= 4 is 29.4 Å². The maximum absolute atomic E-state index is 13.0. The number of alkyl halides is 4. The zero-order valence-corrected chi connectivity index (χ0v) is 19.9. The Morgan fingerprint density at radius 3 is 2.21 bits per heavy atom. The number of carbonyl (C=O) groups excluding carboxylic acids is 2. The standard InChI is InChI=1S/C27H24F4N2O5/c28-26(29)27(30,31)38-22-12-7-19(8-13-22)25(35)37-21-10-3-17(4-11-21)5-14-24(34)36-15-1-2-18-6-9-20(32)16-23(18)33/h3-14,16,26H,1-2,15,32-33H2. The fourth-order valence-electron chi connectivity index (χ4n) is 3.16. The van der Waals surface area contributed by atoms with Crippen LogP contribution in [0.5, 0.6) is 11.5 Å². The van der Waals surface area contributed by atoms with Gasteiger partial charge in [-0.25, -0.2) is 9.59 Å². The highest BCUT2D eigenvalue weighted by atomic mass is 19.3. The number of aryl methyl sites for hydroxylation is 1. The highest BCUT2D eigenvalue weighted by Gasteiger charge is 2.43. The molecule has 38 heavy (non-hydrogen) atoms. The SMILES string of the molecule is Nc1ccc(CCCOC(=O)C=Cc2ccc(OC(=O)c3ccc(OC(F)(F)C(F)F)cc3)cc2)c(N)c1. The van der Waals surface area contributed by atoms with Crippen LogP contribution in [0.25, 0.3) is 6.08 Å². The minimum atomic E-state index is -4.65. The molecule has 0 bridgehead atoms. The van der Waals surface area contributed by atoms with Gasteiger partial charge in [0, 0.05) is 17.5 Å². The molecule has 0 amide bonds. The second-order valence-electron chi connectivity index (χ2n) is 8.01. The Balaban J connectivity index is 1.44. The summed E-state index contributed by atoms with van der Waals surface area (Å²) >= 11 is 0. The number of ether oxygens (including phenoxy) is 3. The van der Waals surface area contributed by atoms with Crippen molar-refractivity contribution in [3.05, 3.63) is 89.5 Å². The zero-order valence-electron chi connectivity index (χ0n) is 19.9. The first-order chi connectivity index (χ1) is 18.0. The van der Waals surface area contributed by atoms with Crippen molar-refractivity contribution in [2.45, 2.75) is 25.4 Å². The van der Waals surface area contributed by atoms with Crippen LogP contribution in [0, 0.1) is 0 Å². The van der Waals surface area contributed by atoms with Crippen molar-refractivity contribution in [1.29, 1.82) is 0 Å². The summed E-state index contributed by atoms with van der Waals surface area (Å²) in [5.41, 5.74) is 14.3. The molecule has 4 N–H and O–H groups in total. The van der Waals surface area contributed by atoms with Crippen molar-refractivity contribution in [1.82, 2.24) is 0 Å². The highest BCUT2D eigenvalue weighted by molar-refractivity contribution is 5.91. The van der Waals surface area contributed by atoms with E-state index in [-0.39, 0.29) is 17.9 Å². The molecule has 0 atom stereocenters. The van der Waals surface area contributed by atoms with E-state index < -0.39 is 30.2 Å². The number of benzene rings is 3. The number of carbonyl (C=O) groups is 2. The van der Waals surface area contributed by atoms with Crippen molar-refractivity contribution < 1.29 is 41.4 Å². The Morgan fingerprint density at radius 1 is 0.921 bits per heavy atom. The molecule has 11 heteroatoms. The van der Waals surface area contributed by atoms with Gasteiger partial charge in [0.15, 0.2) is 0 Å². The van der Waals surface area contributed by atoms with Crippen LogP contribution in [0.1, 0.15) is 27.9 Å². The topological polar surface area (TPSA) is 114 Å². The second kappa shape index (κ2) is 12.6. The lowest BCUT2D eigenvalue weighted by molar-refractivity contribution is -0.253. The van der Waals surface area contributed by atoms with E-state index in [4.69, 9.17) is 20.9 Å². The first-order valence-electron chi connectivity index (χ1n) is 11.3. The number of anilines is 2. The number of esters is 2. The van der Waals surface area contributed by atoms with Crippen LogP contribution < -0.4 is 20.9 Å². The zero-order chi connectivity index (χ0) is 27.7. The Bertz CT molecular complexity index is 1280. The lowest BCUT2D eigenvalue weighted by Gasteiger charge is -2.16. The van der Waals surface area contributed by atoms with E-state index in [1.807, 2.05) is 6.07 Å². The third-order valence-corrected chi connectivity index (χ3v) is 5.11. The van der Waals surface area contributed by atoms with Crippen molar-refractivity contribution in [3.8, 4) is 11.5 Å². The first kappa shape index (κ1) is 28.0. The van der Waals surface area contributed by atoms with Crippen LogP contribution in [0.4, 0.5) is 28.9 Å². The number of nitrogens with two attached hydrogens (primary N) is 2. The summed E-state index contributed by atoms with van der Waals surface area (Å²) in [5, 5.41) is 0. The highest BCUT2D eigenvalue weighted by Crippen LogP contribution is 2.27. The summed E-state index contributed by atoms with van der Waals surface area (Å²) in [6, 6.07) is 15.5. The Kier molecular flexibility index (Phi) is 9.31. The van der Waals surface area contributed by atoms with Gasteiger partial charge in [-0.2, -0.15) is 17.6 Å². The fourth-order valence-corrected chi connectivity index (χ4v) is 3.16. The van der Waals surface area contributed by atoms with E-state index in [1.54, 1.807) is 24.3 Å². The Morgan fingerprint density at radius 2 is 1.58 bits per heavy atom. The molecular weight excluding hydrogens is 508 g/mol. The van der Waals surface area contributed by atoms with Gasteiger partial charge in [0.05, 0.1) is 12.2 Å². The Hall–Kier alpha value is -4.54. The molecule has 7 nitrogen and oxygen atoms in total. The summed E-state index contributed by atoms with van der Waals surface area (Å²) in [7, 11) is 0. The van der Waals surface area contributed by atoms with Gasteiger partial charge in [0.25, 0.3) is 0 Å². The monoisotopic (exact) mass is 532 g/mol. The molecule has 0 aromatic heterocycles. The van der Waals surface area contributed by atoms with E-state index in [0.29, 0.717) is 29.8 Å². The van der Waals surface area contributed by atoms with Gasteiger partial charge in [0.2, 0.25) is 0 Å². The van der Waals surface area contributed by atoms with E-state index in [1.165, 1.54) is 24.3 Å². The minimum absolute atomic E-state index is 0.0106. The maximum Gasteiger partial charge on any atom is 0.461 e. The van der Waals surface area contributed by atoms with Crippen LogP contribution in [0.15, 0.2) is 72.8 Å². The first-order valence-corrected chi connectivity index (χ1v) is 11.3. The molecule has 200 valence electrons.